The Morgan fingerprint density at radius 1 is 1.55 bits per heavy atom. The fraction of sp³-hybridized carbons (Fsp3) is 0.556. The van der Waals surface area contributed by atoms with Gasteiger partial charge in [-0.05, 0) is 0 Å². The Kier molecular flexibility index (Phi) is 3.57. The molecule has 2 heteroatoms. The molecule has 0 atom stereocenters. The van der Waals surface area contributed by atoms with Gasteiger partial charge in [-0.15, -0.1) is 0 Å². The Morgan fingerprint density at radius 3 is 2.73 bits per heavy atom. The van der Waals surface area contributed by atoms with Crippen LogP contribution in [0.1, 0.15) is 20.3 Å². The van der Waals surface area contributed by atoms with Crippen molar-refractivity contribution < 1.29 is 21.6 Å². The van der Waals surface area contributed by atoms with Crippen molar-refractivity contribution >= 4 is 0 Å². The SMILES string of the molecule is CC(C)[O][Ti]([CH3])[C]1=CC=CC1. The van der Waals surface area contributed by atoms with Gasteiger partial charge in [0.15, 0.2) is 0 Å². The van der Waals surface area contributed by atoms with E-state index in [-0.39, 0.29) is 0 Å². The minimum absolute atomic E-state index is 0.400. The molecule has 1 aliphatic carbocycles. The number of allylic oxidation sites excluding steroid dienone is 4. The summed E-state index contributed by atoms with van der Waals surface area (Å²) in [7, 11) is 0. The van der Waals surface area contributed by atoms with E-state index >= 15 is 0 Å². The second kappa shape index (κ2) is 4.25. The molecule has 0 amide bonds. The van der Waals surface area contributed by atoms with Gasteiger partial charge in [-0.3, -0.25) is 0 Å². The number of hydrogen-bond donors (Lipinski definition) is 0. The normalized spacial score (nSPS) is 15.8. The summed E-state index contributed by atoms with van der Waals surface area (Å²) in [5, 5.41) is 2.28. The summed E-state index contributed by atoms with van der Waals surface area (Å²) >= 11 is -1.27. The van der Waals surface area contributed by atoms with E-state index < -0.39 is 18.3 Å². The zero-order chi connectivity index (χ0) is 8.27. The minimum atomic E-state index is -1.27. The first-order valence-electron chi connectivity index (χ1n) is 4.06. The molecule has 11 heavy (non-hydrogen) atoms. The van der Waals surface area contributed by atoms with Crippen LogP contribution in [0.2, 0.25) is 5.23 Å². The zero-order valence-corrected chi connectivity index (χ0v) is 8.99. The first-order valence-corrected chi connectivity index (χ1v) is 7.04. The number of rotatable bonds is 3. The summed E-state index contributed by atoms with van der Waals surface area (Å²) in [6, 6.07) is 0. The van der Waals surface area contributed by atoms with Gasteiger partial charge in [0.1, 0.15) is 0 Å². The van der Waals surface area contributed by atoms with E-state index in [0.29, 0.717) is 6.10 Å². The van der Waals surface area contributed by atoms with Crippen molar-refractivity contribution in [2.24, 2.45) is 0 Å². The molecule has 0 fully saturated rings. The first-order chi connectivity index (χ1) is 5.20. The Labute approximate surface area is 75.4 Å². The topological polar surface area (TPSA) is 9.23 Å². The molecule has 1 nitrogen and oxygen atoms in total. The monoisotopic (exact) mass is 187 g/mol. The van der Waals surface area contributed by atoms with Crippen LogP contribution in [0.3, 0.4) is 0 Å². The first kappa shape index (κ1) is 9.24. The average molecular weight is 187 g/mol. The summed E-state index contributed by atoms with van der Waals surface area (Å²) < 4.78 is 7.35. The molecule has 0 saturated heterocycles. The molecular formula is C9H15OTi. The third-order valence-corrected chi connectivity index (χ3v) is 4.92. The predicted octanol–water partition coefficient (Wildman–Crippen LogP) is 2.84. The van der Waals surface area contributed by atoms with Gasteiger partial charge in [0, 0.05) is 0 Å². The third-order valence-electron chi connectivity index (χ3n) is 1.64. The Hall–Kier alpha value is 0.154. The van der Waals surface area contributed by atoms with Crippen molar-refractivity contribution in [3.05, 3.63) is 22.1 Å². The Bertz CT molecular complexity index is 182. The number of hydrogen-bond acceptors (Lipinski definition) is 1. The molecule has 0 aromatic heterocycles. The molecule has 1 rings (SSSR count). The van der Waals surface area contributed by atoms with Crippen molar-refractivity contribution in [1.82, 2.24) is 0 Å². The van der Waals surface area contributed by atoms with Crippen LogP contribution in [0.25, 0.3) is 0 Å². The fourth-order valence-electron chi connectivity index (χ4n) is 1.14. The van der Waals surface area contributed by atoms with Gasteiger partial charge in [-0.1, -0.05) is 0 Å². The van der Waals surface area contributed by atoms with Crippen LogP contribution in [0.4, 0.5) is 0 Å². The molecule has 0 aromatic carbocycles. The third kappa shape index (κ3) is 2.94. The molecule has 0 heterocycles. The van der Waals surface area contributed by atoms with Crippen LogP contribution in [0.15, 0.2) is 22.1 Å². The maximum atomic E-state index is 5.79. The molecule has 0 aliphatic heterocycles. The van der Waals surface area contributed by atoms with E-state index in [1.807, 2.05) is 0 Å². The van der Waals surface area contributed by atoms with Crippen LogP contribution in [-0.4, -0.2) is 6.10 Å². The van der Waals surface area contributed by atoms with Crippen molar-refractivity contribution in [1.29, 1.82) is 0 Å². The van der Waals surface area contributed by atoms with Gasteiger partial charge >= 0.3 is 75.3 Å². The van der Waals surface area contributed by atoms with Gasteiger partial charge in [0.05, 0.1) is 0 Å². The van der Waals surface area contributed by atoms with Crippen LogP contribution in [0.5, 0.6) is 0 Å². The van der Waals surface area contributed by atoms with E-state index in [1.54, 1.807) is 3.88 Å². The van der Waals surface area contributed by atoms with Crippen molar-refractivity contribution in [3.63, 3.8) is 0 Å². The molecular weight excluding hydrogens is 172 g/mol. The second-order valence-corrected chi connectivity index (χ2v) is 6.15. The van der Waals surface area contributed by atoms with E-state index in [9.17, 15) is 0 Å². The molecule has 0 bridgehead atoms. The summed E-state index contributed by atoms with van der Waals surface area (Å²) in [5.74, 6) is 0. The van der Waals surface area contributed by atoms with Gasteiger partial charge in [-0.25, -0.2) is 0 Å². The molecule has 0 saturated carbocycles. The van der Waals surface area contributed by atoms with E-state index in [4.69, 9.17) is 3.32 Å². The molecule has 0 N–H and O–H groups in total. The van der Waals surface area contributed by atoms with Crippen LogP contribution >= 0.6 is 0 Å². The summed E-state index contributed by atoms with van der Waals surface area (Å²) in [4.78, 5) is 0. The van der Waals surface area contributed by atoms with Gasteiger partial charge in [0.2, 0.25) is 0 Å². The summed E-state index contributed by atoms with van der Waals surface area (Å²) in [6.07, 6.45) is 8.10. The van der Waals surface area contributed by atoms with E-state index in [2.05, 4.69) is 37.3 Å². The quantitative estimate of drug-likeness (QED) is 0.617. The second-order valence-electron chi connectivity index (χ2n) is 3.05. The zero-order valence-electron chi connectivity index (χ0n) is 7.42. The summed E-state index contributed by atoms with van der Waals surface area (Å²) in [5.41, 5.74) is 0. The Morgan fingerprint density at radius 2 is 2.27 bits per heavy atom. The Balaban J connectivity index is 2.36. The van der Waals surface area contributed by atoms with Crippen LogP contribution < -0.4 is 0 Å². The average Bonchev–Trinajstić information content (AvgIpc) is 2.35. The fourth-order valence-corrected chi connectivity index (χ4v) is 3.63. The van der Waals surface area contributed by atoms with Crippen molar-refractivity contribution in [3.8, 4) is 0 Å². The van der Waals surface area contributed by atoms with Crippen molar-refractivity contribution in [2.45, 2.75) is 31.6 Å². The standard InChI is InChI=1S/C5H5.C3H7O.CH3.Ti/c1-2-4-5-3-1;1-3(2)4;;/h1-3H,4H2;3H,1-2H3;1H3;/q;-1;;+1. The van der Waals surface area contributed by atoms with Crippen molar-refractivity contribution in [2.75, 3.05) is 0 Å². The van der Waals surface area contributed by atoms with E-state index in [0.717, 1.165) is 6.42 Å². The molecule has 0 spiro atoms. The maximum absolute atomic E-state index is 5.79. The molecule has 0 radical (unpaired) electrons. The van der Waals surface area contributed by atoms with Crippen LogP contribution in [0, 0.1) is 0 Å². The van der Waals surface area contributed by atoms with Gasteiger partial charge in [0.25, 0.3) is 0 Å². The molecule has 1 aliphatic rings. The van der Waals surface area contributed by atoms with Gasteiger partial charge in [-0.2, -0.15) is 0 Å². The molecule has 0 unspecified atom stereocenters. The van der Waals surface area contributed by atoms with Crippen LogP contribution in [-0.2, 0) is 21.6 Å². The molecule has 61 valence electrons. The summed E-state index contributed by atoms with van der Waals surface area (Å²) in [6.45, 7) is 4.22. The predicted molar refractivity (Wildman–Crippen MR) is 43.9 cm³/mol. The van der Waals surface area contributed by atoms with E-state index in [1.165, 1.54) is 0 Å². The van der Waals surface area contributed by atoms with Gasteiger partial charge < -0.3 is 0 Å². The molecule has 0 aromatic rings.